The fraction of sp³-hybridized carbons (Fsp3) is 1.00. The molecule has 2 nitrogen and oxygen atoms in total. The fourth-order valence-corrected chi connectivity index (χ4v) is 3.78. The van der Waals surface area contributed by atoms with Gasteiger partial charge in [-0.15, -0.1) is 0 Å². The van der Waals surface area contributed by atoms with Crippen molar-refractivity contribution in [3.63, 3.8) is 0 Å². The first kappa shape index (κ1) is 14.3. The van der Waals surface area contributed by atoms with Crippen LogP contribution < -0.4 is 5.32 Å². The van der Waals surface area contributed by atoms with Crippen LogP contribution in [-0.2, 0) is 0 Å². The molecule has 1 heterocycles. The molecule has 0 bridgehead atoms. The molecule has 0 aromatic heterocycles. The summed E-state index contributed by atoms with van der Waals surface area (Å²) >= 11 is 0. The van der Waals surface area contributed by atoms with E-state index in [0.717, 1.165) is 18.0 Å². The van der Waals surface area contributed by atoms with E-state index in [1.807, 2.05) is 0 Å². The van der Waals surface area contributed by atoms with Crippen LogP contribution in [0.4, 0.5) is 0 Å². The molecule has 1 saturated heterocycles. The van der Waals surface area contributed by atoms with Crippen molar-refractivity contribution in [2.75, 3.05) is 19.6 Å². The molecule has 0 aromatic carbocycles. The van der Waals surface area contributed by atoms with Gasteiger partial charge in [-0.1, -0.05) is 26.2 Å². The van der Waals surface area contributed by atoms with Crippen molar-refractivity contribution in [1.82, 2.24) is 10.2 Å². The minimum absolute atomic E-state index is 0.739. The molecular weight excluding hydrogens is 220 g/mol. The van der Waals surface area contributed by atoms with Crippen LogP contribution in [0.2, 0.25) is 0 Å². The second-order valence-corrected chi connectivity index (χ2v) is 6.42. The Morgan fingerprint density at radius 2 is 1.78 bits per heavy atom. The molecule has 0 amide bonds. The summed E-state index contributed by atoms with van der Waals surface area (Å²) in [6, 6.07) is 1.52. The van der Waals surface area contributed by atoms with Gasteiger partial charge < -0.3 is 10.2 Å². The molecule has 18 heavy (non-hydrogen) atoms. The van der Waals surface area contributed by atoms with E-state index in [-0.39, 0.29) is 0 Å². The molecule has 1 aliphatic carbocycles. The highest BCUT2D eigenvalue weighted by molar-refractivity contribution is 4.81. The lowest BCUT2D eigenvalue weighted by Gasteiger charge is -2.31. The highest BCUT2D eigenvalue weighted by Crippen LogP contribution is 2.27. The van der Waals surface area contributed by atoms with Crippen LogP contribution in [0.1, 0.15) is 65.2 Å². The van der Waals surface area contributed by atoms with Crippen molar-refractivity contribution < 1.29 is 0 Å². The third kappa shape index (κ3) is 4.24. The molecule has 106 valence electrons. The normalized spacial score (nSPS) is 30.0. The third-order valence-corrected chi connectivity index (χ3v) is 5.12. The van der Waals surface area contributed by atoms with Crippen molar-refractivity contribution in [3.8, 4) is 0 Å². The number of likely N-dealkylation sites (tertiary alicyclic amines) is 1. The second kappa shape index (κ2) is 7.49. The van der Waals surface area contributed by atoms with Gasteiger partial charge in [0.2, 0.25) is 0 Å². The van der Waals surface area contributed by atoms with Gasteiger partial charge in [-0.3, -0.25) is 0 Å². The summed E-state index contributed by atoms with van der Waals surface area (Å²) in [4.78, 5) is 2.60. The second-order valence-electron chi connectivity index (χ2n) is 6.42. The van der Waals surface area contributed by atoms with Gasteiger partial charge in [0, 0.05) is 12.1 Å². The van der Waals surface area contributed by atoms with Crippen molar-refractivity contribution in [1.29, 1.82) is 0 Å². The predicted molar refractivity (Wildman–Crippen MR) is 78.9 cm³/mol. The molecular formula is C16H32N2. The maximum atomic E-state index is 3.95. The highest BCUT2D eigenvalue weighted by atomic mass is 15.1. The van der Waals surface area contributed by atoms with Crippen molar-refractivity contribution >= 4 is 0 Å². The van der Waals surface area contributed by atoms with Crippen molar-refractivity contribution in [2.45, 2.75) is 77.3 Å². The number of hydrogen-bond donors (Lipinski definition) is 1. The maximum absolute atomic E-state index is 3.95. The zero-order valence-corrected chi connectivity index (χ0v) is 12.5. The van der Waals surface area contributed by atoms with E-state index in [1.165, 1.54) is 71.0 Å². The summed E-state index contributed by atoms with van der Waals surface area (Å²) in [6.07, 6.45) is 11.4. The zero-order chi connectivity index (χ0) is 12.8. The SMILES string of the molecule is CCN1CCCC(NC(C)C2CCCCC2)CC1. The van der Waals surface area contributed by atoms with Crippen LogP contribution in [0, 0.1) is 5.92 Å². The lowest BCUT2D eigenvalue weighted by atomic mass is 9.84. The van der Waals surface area contributed by atoms with Crippen LogP contribution in [0.5, 0.6) is 0 Å². The summed E-state index contributed by atoms with van der Waals surface area (Å²) in [6.45, 7) is 8.56. The quantitative estimate of drug-likeness (QED) is 0.825. The fourth-order valence-electron chi connectivity index (χ4n) is 3.78. The Morgan fingerprint density at radius 3 is 2.50 bits per heavy atom. The van der Waals surface area contributed by atoms with Gasteiger partial charge in [0.15, 0.2) is 0 Å². The number of rotatable bonds is 4. The Balaban J connectivity index is 1.74. The van der Waals surface area contributed by atoms with E-state index in [2.05, 4.69) is 24.1 Å². The predicted octanol–water partition coefficient (Wildman–Crippen LogP) is 3.42. The third-order valence-electron chi connectivity index (χ3n) is 5.12. The molecule has 0 radical (unpaired) electrons. The van der Waals surface area contributed by atoms with Crippen LogP contribution in [0.15, 0.2) is 0 Å². The summed E-state index contributed by atoms with van der Waals surface area (Å²) in [5.41, 5.74) is 0. The van der Waals surface area contributed by atoms with Crippen LogP contribution in [0.3, 0.4) is 0 Å². The largest absolute Gasteiger partial charge is 0.311 e. The highest BCUT2D eigenvalue weighted by Gasteiger charge is 2.23. The summed E-state index contributed by atoms with van der Waals surface area (Å²) in [7, 11) is 0. The van der Waals surface area contributed by atoms with Crippen molar-refractivity contribution in [3.05, 3.63) is 0 Å². The Hall–Kier alpha value is -0.0800. The monoisotopic (exact) mass is 252 g/mol. The molecule has 2 rings (SSSR count). The Labute approximate surface area is 114 Å². The van der Waals surface area contributed by atoms with Gasteiger partial charge in [-0.2, -0.15) is 0 Å². The smallest absolute Gasteiger partial charge is 0.00823 e. The average molecular weight is 252 g/mol. The van der Waals surface area contributed by atoms with Gasteiger partial charge in [0.1, 0.15) is 0 Å². The number of nitrogens with zero attached hydrogens (tertiary/aromatic N) is 1. The van der Waals surface area contributed by atoms with Gasteiger partial charge in [-0.05, 0) is 64.6 Å². The molecule has 2 aliphatic rings. The van der Waals surface area contributed by atoms with Gasteiger partial charge in [-0.25, -0.2) is 0 Å². The molecule has 2 fully saturated rings. The number of nitrogens with one attached hydrogen (secondary N) is 1. The van der Waals surface area contributed by atoms with Crippen molar-refractivity contribution in [2.24, 2.45) is 5.92 Å². The first-order chi connectivity index (χ1) is 8.79. The molecule has 0 spiro atoms. The Bertz CT molecular complexity index is 223. The van der Waals surface area contributed by atoms with Crippen LogP contribution in [0.25, 0.3) is 0 Å². The van der Waals surface area contributed by atoms with Crippen LogP contribution in [-0.4, -0.2) is 36.6 Å². The van der Waals surface area contributed by atoms with E-state index < -0.39 is 0 Å². The Kier molecular flexibility index (Phi) is 5.97. The van der Waals surface area contributed by atoms with Gasteiger partial charge in [0.05, 0.1) is 0 Å². The summed E-state index contributed by atoms with van der Waals surface area (Å²) in [5.74, 6) is 0.948. The first-order valence-corrected chi connectivity index (χ1v) is 8.28. The average Bonchev–Trinajstić information content (AvgIpc) is 2.65. The molecule has 1 aliphatic heterocycles. The Morgan fingerprint density at radius 1 is 1.00 bits per heavy atom. The standard InChI is InChI=1S/C16H32N2/c1-3-18-12-7-10-16(11-13-18)17-14(2)15-8-5-4-6-9-15/h14-17H,3-13H2,1-2H3. The minimum atomic E-state index is 0.739. The minimum Gasteiger partial charge on any atom is -0.311 e. The topological polar surface area (TPSA) is 15.3 Å². The maximum Gasteiger partial charge on any atom is 0.00823 e. The van der Waals surface area contributed by atoms with Gasteiger partial charge in [0.25, 0.3) is 0 Å². The number of hydrogen-bond acceptors (Lipinski definition) is 2. The molecule has 0 aromatic rings. The molecule has 1 saturated carbocycles. The zero-order valence-electron chi connectivity index (χ0n) is 12.5. The lowest BCUT2D eigenvalue weighted by Crippen LogP contribution is -2.42. The van der Waals surface area contributed by atoms with E-state index >= 15 is 0 Å². The lowest BCUT2D eigenvalue weighted by molar-refractivity contribution is 0.253. The summed E-state index contributed by atoms with van der Waals surface area (Å²) in [5, 5.41) is 3.95. The first-order valence-electron chi connectivity index (χ1n) is 8.28. The molecule has 2 unspecified atom stereocenters. The van der Waals surface area contributed by atoms with E-state index in [1.54, 1.807) is 0 Å². The van der Waals surface area contributed by atoms with E-state index in [9.17, 15) is 0 Å². The summed E-state index contributed by atoms with van der Waals surface area (Å²) < 4.78 is 0. The molecule has 2 heteroatoms. The molecule has 2 atom stereocenters. The van der Waals surface area contributed by atoms with Gasteiger partial charge >= 0.3 is 0 Å². The van der Waals surface area contributed by atoms with E-state index in [0.29, 0.717) is 0 Å². The van der Waals surface area contributed by atoms with E-state index in [4.69, 9.17) is 0 Å². The molecule has 1 N–H and O–H groups in total. The van der Waals surface area contributed by atoms with Crippen LogP contribution >= 0.6 is 0 Å².